The lowest BCUT2D eigenvalue weighted by Crippen LogP contribution is -2.26. The fourth-order valence-corrected chi connectivity index (χ4v) is 2.13. The van der Waals surface area contributed by atoms with Gasteiger partial charge in [0.25, 0.3) is 0 Å². The van der Waals surface area contributed by atoms with Gasteiger partial charge < -0.3 is 14.4 Å². The molecule has 2 rings (SSSR count). The van der Waals surface area contributed by atoms with Crippen molar-refractivity contribution in [3.63, 3.8) is 0 Å². The van der Waals surface area contributed by atoms with Gasteiger partial charge in [0.15, 0.2) is 5.75 Å². The highest BCUT2D eigenvalue weighted by molar-refractivity contribution is 6.32. The van der Waals surface area contributed by atoms with Crippen LogP contribution in [0.4, 0.5) is 4.79 Å². The van der Waals surface area contributed by atoms with Crippen molar-refractivity contribution in [2.24, 2.45) is 5.16 Å². The van der Waals surface area contributed by atoms with Gasteiger partial charge in [0, 0.05) is 5.56 Å². The van der Waals surface area contributed by atoms with E-state index in [1.165, 1.54) is 7.11 Å². The fraction of sp³-hybridized carbons (Fsp3) is 0.294. The second-order valence-corrected chi connectivity index (χ2v) is 5.46. The zero-order valence-electron chi connectivity index (χ0n) is 13.5. The molecule has 24 heavy (non-hydrogen) atoms. The second kappa shape index (κ2) is 8.98. The van der Waals surface area contributed by atoms with Crippen molar-refractivity contribution in [1.29, 1.82) is 0 Å². The first kappa shape index (κ1) is 17.9. The molecular weight excluding hydrogens is 332 g/mol. The van der Waals surface area contributed by atoms with Crippen molar-refractivity contribution < 1.29 is 19.2 Å². The molecule has 0 heterocycles. The predicted octanol–water partition coefficient (Wildman–Crippen LogP) is 4.01. The van der Waals surface area contributed by atoms with E-state index in [2.05, 4.69) is 27.5 Å². The van der Waals surface area contributed by atoms with Gasteiger partial charge in [0.2, 0.25) is 0 Å². The standard InChI is InChI=1S/C17H19ClN2O4/c1-12(19-23-11-13-6-4-3-5-7-13)14-8-9-15(18)16(10-14)24-20-17(21)22-2/h4,6-10H,3,5,11H2,1-2H3,(H,20,21)/b19-12+. The van der Waals surface area contributed by atoms with Crippen LogP contribution in [0.5, 0.6) is 5.75 Å². The Morgan fingerprint density at radius 3 is 2.92 bits per heavy atom. The number of carbonyl (C=O) groups excluding carboxylic acids is 1. The third kappa shape index (κ3) is 5.31. The number of oxime groups is 1. The Hall–Kier alpha value is -2.47. The normalized spacial score (nSPS) is 14.0. The van der Waals surface area contributed by atoms with Crippen LogP contribution in [-0.2, 0) is 9.57 Å². The summed E-state index contributed by atoms with van der Waals surface area (Å²) >= 11 is 6.03. The fourth-order valence-electron chi connectivity index (χ4n) is 1.98. The number of methoxy groups -OCH3 is 1. The van der Waals surface area contributed by atoms with Gasteiger partial charge >= 0.3 is 6.09 Å². The molecular formula is C17H19ClN2O4. The van der Waals surface area contributed by atoms with E-state index in [4.69, 9.17) is 21.3 Å². The van der Waals surface area contributed by atoms with E-state index < -0.39 is 6.09 Å². The van der Waals surface area contributed by atoms with Crippen molar-refractivity contribution in [3.05, 3.63) is 52.6 Å². The molecule has 1 aliphatic rings. The molecule has 0 aromatic heterocycles. The van der Waals surface area contributed by atoms with E-state index in [-0.39, 0.29) is 5.75 Å². The largest absolute Gasteiger partial charge is 0.451 e. The van der Waals surface area contributed by atoms with E-state index in [0.29, 0.717) is 17.3 Å². The number of nitrogens with zero attached hydrogens (tertiary/aromatic N) is 1. The number of hydroxylamine groups is 1. The summed E-state index contributed by atoms with van der Waals surface area (Å²) in [5.41, 5.74) is 4.64. The Labute approximate surface area is 145 Å². The van der Waals surface area contributed by atoms with E-state index in [0.717, 1.165) is 24.0 Å². The van der Waals surface area contributed by atoms with Crippen LogP contribution in [0.1, 0.15) is 25.3 Å². The quantitative estimate of drug-likeness (QED) is 0.621. The third-order valence-corrected chi connectivity index (χ3v) is 3.60. The number of allylic oxidation sites excluding steroid dienone is 2. The maximum atomic E-state index is 11.1. The molecule has 0 saturated carbocycles. The van der Waals surface area contributed by atoms with Crippen molar-refractivity contribution >= 4 is 23.4 Å². The topological polar surface area (TPSA) is 69.2 Å². The number of benzene rings is 1. The van der Waals surface area contributed by atoms with Crippen LogP contribution in [0.3, 0.4) is 0 Å². The molecule has 0 spiro atoms. The molecule has 0 aliphatic heterocycles. The molecule has 1 N–H and O–H groups in total. The molecule has 1 aromatic carbocycles. The smallest absolute Gasteiger partial charge is 0.440 e. The Bertz CT molecular complexity index is 683. The van der Waals surface area contributed by atoms with Gasteiger partial charge in [-0.2, -0.15) is 5.48 Å². The van der Waals surface area contributed by atoms with Gasteiger partial charge in [0.1, 0.15) is 6.61 Å². The second-order valence-electron chi connectivity index (χ2n) is 5.05. The lowest BCUT2D eigenvalue weighted by Gasteiger charge is -2.10. The summed E-state index contributed by atoms with van der Waals surface area (Å²) < 4.78 is 4.43. The molecule has 6 nitrogen and oxygen atoms in total. The molecule has 0 bridgehead atoms. The SMILES string of the molecule is COC(=O)NOc1cc(/C(C)=N/OCC2=CCCC=C2)ccc1Cl. The summed E-state index contributed by atoms with van der Waals surface area (Å²) in [5, 5.41) is 4.45. The molecule has 0 radical (unpaired) electrons. The first-order valence-corrected chi connectivity index (χ1v) is 7.81. The summed E-state index contributed by atoms with van der Waals surface area (Å²) in [7, 11) is 1.24. The van der Waals surface area contributed by atoms with Crippen LogP contribution in [0.15, 0.2) is 47.2 Å². The number of nitrogens with one attached hydrogen (secondary N) is 1. The lowest BCUT2D eigenvalue weighted by molar-refractivity contribution is 0.118. The highest BCUT2D eigenvalue weighted by atomic mass is 35.5. The monoisotopic (exact) mass is 350 g/mol. The zero-order chi connectivity index (χ0) is 17.4. The Morgan fingerprint density at radius 1 is 1.38 bits per heavy atom. The van der Waals surface area contributed by atoms with Crippen LogP contribution in [-0.4, -0.2) is 25.5 Å². The predicted molar refractivity (Wildman–Crippen MR) is 92.2 cm³/mol. The van der Waals surface area contributed by atoms with Crippen molar-refractivity contribution in [2.75, 3.05) is 13.7 Å². The van der Waals surface area contributed by atoms with Crippen LogP contribution in [0.2, 0.25) is 5.02 Å². The zero-order valence-corrected chi connectivity index (χ0v) is 14.3. The van der Waals surface area contributed by atoms with Crippen LogP contribution < -0.4 is 10.3 Å². The van der Waals surface area contributed by atoms with Gasteiger partial charge in [-0.25, -0.2) is 4.79 Å². The molecule has 1 aromatic rings. The van der Waals surface area contributed by atoms with Crippen molar-refractivity contribution in [1.82, 2.24) is 5.48 Å². The number of hydrogen-bond acceptors (Lipinski definition) is 5. The molecule has 7 heteroatoms. The number of amides is 1. The molecule has 0 atom stereocenters. The highest BCUT2D eigenvalue weighted by Crippen LogP contribution is 2.25. The van der Waals surface area contributed by atoms with Gasteiger partial charge in [-0.3, -0.25) is 0 Å². The Balaban J connectivity index is 1.99. The minimum Gasteiger partial charge on any atom is -0.451 e. The van der Waals surface area contributed by atoms with Crippen LogP contribution in [0, 0.1) is 0 Å². The van der Waals surface area contributed by atoms with E-state index in [1.54, 1.807) is 18.2 Å². The number of ether oxygens (including phenoxy) is 1. The van der Waals surface area contributed by atoms with Gasteiger partial charge in [-0.15, -0.1) is 0 Å². The van der Waals surface area contributed by atoms with E-state index >= 15 is 0 Å². The Kier molecular flexibility index (Phi) is 6.69. The molecule has 0 fully saturated rings. The maximum absolute atomic E-state index is 11.1. The average molecular weight is 351 g/mol. The molecule has 0 unspecified atom stereocenters. The Morgan fingerprint density at radius 2 is 2.21 bits per heavy atom. The van der Waals surface area contributed by atoms with Gasteiger partial charge in [-0.05, 0) is 37.5 Å². The van der Waals surface area contributed by atoms with Crippen LogP contribution >= 0.6 is 11.6 Å². The van der Waals surface area contributed by atoms with E-state index in [9.17, 15) is 4.79 Å². The maximum Gasteiger partial charge on any atom is 0.440 e. The summed E-state index contributed by atoms with van der Waals surface area (Å²) in [6, 6.07) is 5.09. The van der Waals surface area contributed by atoms with Crippen molar-refractivity contribution in [3.8, 4) is 5.75 Å². The number of hydrogen-bond donors (Lipinski definition) is 1. The third-order valence-electron chi connectivity index (χ3n) is 3.28. The summed E-state index contributed by atoms with van der Waals surface area (Å²) in [6.07, 6.45) is 7.67. The number of rotatable bonds is 6. The lowest BCUT2D eigenvalue weighted by atomic mass is 10.1. The molecule has 128 valence electrons. The summed E-state index contributed by atoms with van der Waals surface area (Å²) in [5.74, 6) is 0.284. The first-order chi connectivity index (χ1) is 11.6. The molecule has 1 aliphatic carbocycles. The van der Waals surface area contributed by atoms with Gasteiger partial charge in [0.05, 0.1) is 17.8 Å². The first-order valence-electron chi connectivity index (χ1n) is 7.43. The minimum atomic E-state index is -0.723. The number of halogens is 1. The average Bonchev–Trinajstić information content (AvgIpc) is 2.61. The number of carbonyl (C=O) groups is 1. The van der Waals surface area contributed by atoms with E-state index in [1.807, 2.05) is 13.0 Å². The molecule has 1 amide bonds. The highest BCUT2D eigenvalue weighted by Gasteiger charge is 2.08. The molecule has 0 saturated heterocycles. The van der Waals surface area contributed by atoms with Crippen molar-refractivity contribution in [2.45, 2.75) is 19.8 Å². The van der Waals surface area contributed by atoms with Crippen LogP contribution in [0.25, 0.3) is 0 Å². The van der Waals surface area contributed by atoms with Gasteiger partial charge in [-0.1, -0.05) is 41.1 Å². The summed E-state index contributed by atoms with van der Waals surface area (Å²) in [6.45, 7) is 2.24. The minimum absolute atomic E-state index is 0.284. The summed E-state index contributed by atoms with van der Waals surface area (Å²) in [4.78, 5) is 21.5.